The van der Waals surface area contributed by atoms with Crippen molar-refractivity contribution < 1.29 is 9.90 Å². The van der Waals surface area contributed by atoms with Gasteiger partial charge in [-0.2, -0.15) is 0 Å². The molecule has 3 rings (SSSR count). The van der Waals surface area contributed by atoms with Crippen molar-refractivity contribution in [3.63, 3.8) is 0 Å². The highest BCUT2D eigenvalue weighted by molar-refractivity contribution is 5.95. The molecule has 0 aliphatic carbocycles. The molecule has 1 heterocycles. The average molecular weight is 388 g/mol. The van der Waals surface area contributed by atoms with Crippen molar-refractivity contribution in [1.29, 1.82) is 0 Å². The molecule has 29 heavy (non-hydrogen) atoms. The van der Waals surface area contributed by atoms with Gasteiger partial charge in [-0.1, -0.05) is 48.4 Å². The van der Waals surface area contributed by atoms with Crippen molar-refractivity contribution in [3.8, 4) is 23.0 Å². The zero-order valence-corrected chi connectivity index (χ0v) is 16.8. The molecule has 0 fully saturated rings. The molecule has 0 saturated carbocycles. The van der Waals surface area contributed by atoms with E-state index in [4.69, 9.17) is 0 Å². The first-order valence-corrected chi connectivity index (χ1v) is 9.54. The number of aromatic nitrogens is 2. The van der Waals surface area contributed by atoms with E-state index < -0.39 is 5.97 Å². The van der Waals surface area contributed by atoms with Crippen LogP contribution in [-0.4, -0.2) is 20.2 Å². The number of carboxylic acids is 1. The van der Waals surface area contributed by atoms with Gasteiger partial charge in [0, 0.05) is 12.2 Å². The molecule has 1 aromatic heterocycles. The molecule has 0 radical (unpaired) electrons. The molecule has 2 aromatic carbocycles. The van der Waals surface area contributed by atoms with Gasteiger partial charge in [-0.25, -0.2) is 9.59 Å². The highest BCUT2D eigenvalue weighted by Gasteiger charge is 2.14. The molecule has 5 nitrogen and oxygen atoms in total. The first kappa shape index (κ1) is 20.2. The van der Waals surface area contributed by atoms with E-state index in [2.05, 4.69) is 11.8 Å². The van der Waals surface area contributed by atoms with Crippen LogP contribution in [0.2, 0.25) is 0 Å². The number of carbonyl (C=O) groups is 1. The van der Waals surface area contributed by atoms with Gasteiger partial charge < -0.3 is 5.11 Å². The van der Waals surface area contributed by atoms with Crippen LogP contribution in [0.5, 0.6) is 0 Å². The van der Waals surface area contributed by atoms with Crippen molar-refractivity contribution in [2.75, 3.05) is 0 Å². The van der Waals surface area contributed by atoms with Crippen molar-refractivity contribution in [2.45, 2.75) is 39.8 Å². The molecule has 0 unspecified atom stereocenters. The van der Waals surface area contributed by atoms with Gasteiger partial charge in [0.05, 0.1) is 24.2 Å². The number of carboxylic acid groups (broad SMARTS) is 1. The second kappa shape index (κ2) is 8.66. The summed E-state index contributed by atoms with van der Waals surface area (Å²) in [4.78, 5) is 24.3. The lowest BCUT2D eigenvalue weighted by Crippen LogP contribution is -2.26. The van der Waals surface area contributed by atoms with Crippen LogP contribution in [0.1, 0.15) is 48.4 Å². The van der Waals surface area contributed by atoms with E-state index in [1.807, 2.05) is 50.4 Å². The van der Waals surface area contributed by atoms with E-state index in [0.29, 0.717) is 18.5 Å². The molecule has 0 bridgehead atoms. The molecule has 3 aromatic rings. The van der Waals surface area contributed by atoms with Crippen molar-refractivity contribution in [3.05, 3.63) is 82.0 Å². The van der Waals surface area contributed by atoms with Crippen LogP contribution in [0.3, 0.4) is 0 Å². The summed E-state index contributed by atoms with van der Waals surface area (Å²) in [5, 5.41) is 9.40. The summed E-state index contributed by atoms with van der Waals surface area (Å²) in [7, 11) is 0. The highest BCUT2D eigenvalue weighted by atomic mass is 16.4. The van der Waals surface area contributed by atoms with Gasteiger partial charge in [0.2, 0.25) is 0 Å². The molecule has 5 heteroatoms. The summed E-state index contributed by atoms with van der Waals surface area (Å²) in [6.45, 7) is 6.20. The molecule has 1 N–H and O–H groups in total. The predicted molar refractivity (Wildman–Crippen MR) is 114 cm³/mol. The molecular formula is C24H24N2O3. The third kappa shape index (κ3) is 4.33. The monoisotopic (exact) mass is 388 g/mol. The van der Waals surface area contributed by atoms with Gasteiger partial charge in [0.15, 0.2) is 0 Å². The largest absolute Gasteiger partial charge is 0.478 e. The third-order valence-corrected chi connectivity index (χ3v) is 4.85. The zero-order valence-electron chi connectivity index (χ0n) is 16.8. The Morgan fingerprint density at radius 2 is 1.79 bits per heavy atom. The SMILES string of the molecule is CC#CCc1cn(C(C)C)c(=O)n1Cc1ccc(-c2ccccc2C(=O)O)cc1. The Hall–Kier alpha value is -3.52. The van der Waals surface area contributed by atoms with Crippen LogP contribution >= 0.6 is 0 Å². The number of hydrogen-bond donors (Lipinski definition) is 1. The van der Waals surface area contributed by atoms with E-state index in [1.165, 1.54) is 0 Å². The van der Waals surface area contributed by atoms with Gasteiger partial charge >= 0.3 is 11.7 Å². The Kier molecular flexibility index (Phi) is 6.04. The third-order valence-electron chi connectivity index (χ3n) is 4.85. The molecular weight excluding hydrogens is 364 g/mol. The molecule has 0 amide bonds. The number of aromatic carboxylic acids is 1. The average Bonchev–Trinajstić information content (AvgIpc) is 3.02. The Labute approximate surface area is 170 Å². The molecule has 0 aliphatic heterocycles. The number of nitrogens with zero attached hydrogens (tertiary/aromatic N) is 2. The number of hydrogen-bond acceptors (Lipinski definition) is 2. The first-order chi connectivity index (χ1) is 13.9. The maximum atomic E-state index is 12.8. The van der Waals surface area contributed by atoms with E-state index in [0.717, 1.165) is 16.8 Å². The van der Waals surface area contributed by atoms with Gasteiger partial charge in [-0.3, -0.25) is 9.13 Å². The lowest BCUT2D eigenvalue weighted by atomic mass is 9.99. The fraction of sp³-hybridized carbons (Fsp3) is 0.250. The second-order valence-electron chi connectivity index (χ2n) is 7.14. The van der Waals surface area contributed by atoms with Crippen LogP contribution in [0.25, 0.3) is 11.1 Å². The first-order valence-electron chi connectivity index (χ1n) is 9.54. The van der Waals surface area contributed by atoms with Crippen molar-refractivity contribution in [2.24, 2.45) is 0 Å². The lowest BCUT2D eigenvalue weighted by Gasteiger charge is -2.09. The summed E-state index contributed by atoms with van der Waals surface area (Å²) in [5.74, 6) is 4.97. The van der Waals surface area contributed by atoms with Crippen LogP contribution in [0.4, 0.5) is 0 Å². The lowest BCUT2D eigenvalue weighted by molar-refractivity contribution is 0.0697. The smallest absolute Gasteiger partial charge is 0.336 e. The van der Waals surface area contributed by atoms with Crippen molar-refractivity contribution >= 4 is 5.97 Å². The Morgan fingerprint density at radius 1 is 1.10 bits per heavy atom. The zero-order chi connectivity index (χ0) is 21.0. The standard InChI is InChI=1S/C24H24N2O3/c1-4-5-8-20-16-25(17(2)3)24(29)26(20)15-18-11-13-19(14-12-18)21-9-6-7-10-22(21)23(27)28/h6-7,9-14,16-17H,8,15H2,1-3H3,(H,27,28). The quantitative estimate of drug-likeness (QED) is 0.644. The van der Waals surface area contributed by atoms with Gasteiger partial charge in [-0.15, -0.1) is 5.92 Å². The molecule has 0 saturated heterocycles. The van der Waals surface area contributed by atoms with Gasteiger partial charge in [-0.05, 0) is 43.5 Å². The van der Waals surface area contributed by atoms with E-state index >= 15 is 0 Å². The number of rotatable bonds is 6. The minimum Gasteiger partial charge on any atom is -0.478 e. The predicted octanol–water partition coefficient (Wildman–Crippen LogP) is 4.21. The van der Waals surface area contributed by atoms with Gasteiger partial charge in [0.25, 0.3) is 0 Å². The Morgan fingerprint density at radius 3 is 2.41 bits per heavy atom. The highest BCUT2D eigenvalue weighted by Crippen LogP contribution is 2.24. The van der Waals surface area contributed by atoms with E-state index in [-0.39, 0.29) is 17.3 Å². The summed E-state index contributed by atoms with van der Waals surface area (Å²) < 4.78 is 3.48. The Bertz CT molecular complexity index is 1140. The van der Waals surface area contributed by atoms with Crippen LogP contribution in [0, 0.1) is 11.8 Å². The van der Waals surface area contributed by atoms with Crippen LogP contribution in [-0.2, 0) is 13.0 Å². The summed E-state index contributed by atoms with van der Waals surface area (Å²) in [6, 6.07) is 14.7. The summed E-state index contributed by atoms with van der Waals surface area (Å²) >= 11 is 0. The van der Waals surface area contributed by atoms with Gasteiger partial charge in [0.1, 0.15) is 0 Å². The molecule has 0 aliphatic rings. The maximum absolute atomic E-state index is 12.8. The Balaban J connectivity index is 1.94. The normalized spacial score (nSPS) is 10.6. The van der Waals surface area contributed by atoms with Crippen molar-refractivity contribution in [1.82, 2.24) is 9.13 Å². The second-order valence-corrected chi connectivity index (χ2v) is 7.14. The summed E-state index contributed by atoms with van der Waals surface area (Å²) in [6.07, 6.45) is 2.41. The maximum Gasteiger partial charge on any atom is 0.336 e. The minimum absolute atomic E-state index is 0.0480. The molecule has 148 valence electrons. The van der Waals surface area contributed by atoms with E-state index in [9.17, 15) is 14.7 Å². The molecule has 0 atom stereocenters. The van der Waals surface area contributed by atoms with E-state index in [1.54, 1.807) is 34.3 Å². The van der Waals surface area contributed by atoms with Crippen LogP contribution in [0.15, 0.2) is 59.5 Å². The number of imidazole rings is 1. The number of benzene rings is 2. The minimum atomic E-state index is -0.951. The van der Waals surface area contributed by atoms with Crippen LogP contribution < -0.4 is 5.69 Å². The fourth-order valence-electron chi connectivity index (χ4n) is 3.30. The molecule has 0 spiro atoms. The fourth-order valence-corrected chi connectivity index (χ4v) is 3.30. The topological polar surface area (TPSA) is 64.2 Å². The summed E-state index contributed by atoms with van der Waals surface area (Å²) in [5.41, 5.74) is 3.58.